The van der Waals surface area contributed by atoms with E-state index >= 15 is 0 Å². The van der Waals surface area contributed by atoms with Crippen LogP contribution in [0.1, 0.15) is 19.7 Å². The number of aliphatic imine (C=N–C) groups is 1. The van der Waals surface area contributed by atoms with Gasteiger partial charge in [-0.1, -0.05) is 6.92 Å². The second-order valence-electron chi connectivity index (χ2n) is 4.40. The highest BCUT2D eigenvalue weighted by atomic mass is 127. The molecular formula is C12H23IN6S. The Labute approximate surface area is 141 Å². The lowest BCUT2D eigenvalue weighted by Gasteiger charge is -2.36. The molecule has 2 rings (SSSR count). The van der Waals surface area contributed by atoms with E-state index in [0.29, 0.717) is 0 Å². The minimum Gasteiger partial charge on any atom is -0.357 e. The van der Waals surface area contributed by atoms with Gasteiger partial charge >= 0.3 is 0 Å². The summed E-state index contributed by atoms with van der Waals surface area (Å²) in [5, 5.41) is 4.35. The third-order valence-electron chi connectivity index (χ3n) is 3.17. The molecular weight excluding hydrogens is 387 g/mol. The van der Waals surface area contributed by atoms with Crippen molar-refractivity contribution in [2.24, 2.45) is 4.99 Å². The van der Waals surface area contributed by atoms with Crippen LogP contribution >= 0.6 is 35.5 Å². The molecule has 0 atom stereocenters. The van der Waals surface area contributed by atoms with E-state index in [1.165, 1.54) is 11.5 Å². The Morgan fingerprint density at radius 1 is 1.30 bits per heavy atom. The smallest absolute Gasteiger partial charge is 0.205 e. The van der Waals surface area contributed by atoms with E-state index in [2.05, 4.69) is 43.3 Å². The van der Waals surface area contributed by atoms with Gasteiger partial charge in [-0.25, -0.2) is 4.98 Å². The average molecular weight is 410 g/mol. The van der Waals surface area contributed by atoms with Gasteiger partial charge in [0.1, 0.15) is 5.82 Å². The molecule has 1 saturated heterocycles. The Morgan fingerprint density at radius 3 is 2.50 bits per heavy atom. The van der Waals surface area contributed by atoms with Crippen LogP contribution in [0.25, 0.3) is 0 Å². The number of rotatable bonds is 3. The zero-order valence-electron chi connectivity index (χ0n) is 12.3. The van der Waals surface area contributed by atoms with Gasteiger partial charge in [0, 0.05) is 57.7 Å². The highest BCUT2D eigenvalue weighted by Crippen LogP contribution is 2.19. The summed E-state index contributed by atoms with van der Waals surface area (Å²) in [6.07, 6.45) is 0.906. The van der Waals surface area contributed by atoms with Gasteiger partial charge in [-0.3, -0.25) is 4.99 Å². The van der Waals surface area contributed by atoms with E-state index < -0.39 is 0 Å². The molecule has 0 radical (unpaired) electrons. The van der Waals surface area contributed by atoms with Crippen molar-refractivity contribution >= 4 is 46.6 Å². The van der Waals surface area contributed by atoms with Gasteiger partial charge in [-0.05, 0) is 6.92 Å². The molecule has 114 valence electrons. The number of nitrogens with zero attached hydrogens (tertiary/aromatic N) is 5. The predicted molar refractivity (Wildman–Crippen MR) is 95.5 cm³/mol. The van der Waals surface area contributed by atoms with Crippen LogP contribution in [-0.2, 0) is 6.42 Å². The topological polar surface area (TPSA) is 56.7 Å². The molecule has 1 aliphatic rings. The molecule has 0 saturated carbocycles. The van der Waals surface area contributed by atoms with Gasteiger partial charge in [-0.2, -0.15) is 4.37 Å². The lowest BCUT2D eigenvalue weighted by molar-refractivity contribution is 0.373. The number of guanidine groups is 1. The van der Waals surface area contributed by atoms with Crippen molar-refractivity contribution in [1.82, 2.24) is 19.6 Å². The molecule has 1 N–H and O–H groups in total. The number of nitrogens with one attached hydrogen (secondary N) is 1. The number of halogens is 1. The first-order valence-corrected chi connectivity index (χ1v) is 7.59. The number of hydrogen-bond acceptors (Lipinski definition) is 5. The summed E-state index contributed by atoms with van der Waals surface area (Å²) >= 11 is 1.51. The highest BCUT2D eigenvalue weighted by Gasteiger charge is 2.21. The van der Waals surface area contributed by atoms with Gasteiger partial charge in [0.15, 0.2) is 5.96 Å². The minimum absolute atomic E-state index is 0. The van der Waals surface area contributed by atoms with Crippen molar-refractivity contribution < 1.29 is 0 Å². The van der Waals surface area contributed by atoms with E-state index in [1.807, 2.05) is 7.05 Å². The molecule has 0 amide bonds. The van der Waals surface area contributed by atoms with E-state index in [0.717, 1.165) is 56.1 Å². The molecule has 1 aromatic heterocycles. The molecule has 1 aromatic rings. The standard InChI is InChI=1S/C12H22N6S.HI/c1-4-10-15-12(19-16-10)18-8-6-17(7-9-18)11(13-3)14-5-2;/h4-9H2,1-3H3,(H,13,14);1H. The molecule has 0 bridgehead atoms. The monoisotopic (exact) mass is 410 g/mol. The van der Waals surface area contributed by atoms with Crippen molar-refractivity contribution in [3.8, 4) is 0 Å². The highest BCUT2D eigenvalue weighted by molar-refractivity contribution is 14.0. The van der Waals surface area contributed by atoms with Crippen LogP contribution in [0.5, 0.6) is 0 Å². The zero-order valence-corrected chi connectivity index (χ0v) is 15.4. The maximum Gasteiger partial charge on any atom is 0.205 e. The second-order valence-corrected chi connectivity index (χ2v) is 5.13. The Kier molecular flexibility index (Phi) is 7.49. The Balaban J connectivity index is 0.00000200. The fourth-order valence-corrected chi connectivity index (χ4v) is 2.92. The first-order valence-electron chi connectivity index (χ1n) is 6.81. The van der Waals surface area contributed by atoms with Crippen molar-refractivity contribution in [3.63, 3.8) is 0 Å². The summed E-state index contributed by atoms with van der Waals surface area (Å²) in [7, 11) is 1.84. The number of piperazine rings is 1. The Hall–Kier alpha value is -0.640. The summed E-state index contributed by atoms with van der Waals surface area (Å²) in [5.74, 6) is 1.94. The molecule has 8 heteroatoms. The van der Waals surface area contributed by atoms with Gasteiger partial charge < -0.3 is 15.1 Å². The molecule has 0 aromatic carbocycles. The van der Waals surface area contributed by atoms with Crippen molar-refractivity contribution in [3.05, 3.63) is 5.82 Å². The van der Waals surface area contributed by atoms with Crippen molar-refractivity contribution in [1.29, 1.82) is 0 Å². The first-order chi connectivity index (χ1) is 9.28. The van der Waals surface area contributed by atoms with Gasteiger partial charge in [0.25, 0.3) is 0 Å². The van der Waals surface area contributed by atoms with Crippen LogP contribution in [0.15, 0.2) is 4.99 Å². The number of aryl methyl sites for hydroxylation is 1. The number of aromatic nitrogens is 2. The van der Waals surface area contributed by atoms with Crippen LogP contribution < -0.4 is 10.2 Å². The predicted octanol–water partition coefficient (Wildman–Crippen LogP) is 1.44. The molecule has 0 spiro atoms. The number of hydrogen-bond donors (Lipinski definition) is 1. The van der Waals surface area contributed by atoms with Crippen molar-refractivity contribution in [2.45, 2.75) is 20.3 Å². The van der Waals surface area contributed by atoms with E-state index in [1.54, 1.807) is 0 Å². The maximum absolute atomic E-state index is 4.55. The van der Waals surface area contributed by atoms with Crippen LogP contribution in [0.4, 0.5) is 5.13 Å². The quantitative estimate of drug-likeness (QED) is 0.464. The average Bonchev–Trinajstić information content (AvgIpc) is 2.94. The summed E-state index contributed by atoms with van der Waals surface area (Å²) in [4.78, 5) is 13.5. The largest absolute Gasteiger partial charge is 0.357 e. The molecule has 1 fully saturated rings. The van der Waals surface area contributed by atoms with Crippen LogP contribution in [0, 0.1) is 0 Å². The van der Waals surface area contributed by atoms with E-state index in [9.17, 15) is 0 Å². The minimum atomic E-state index is 0. The SMILES string of the molecule is CCNC(=NC)N1CCN(c2nc(CC)ns2)CC1.I. The summed E-state index contributed by atoms with van der Waals surface area (Å²) in [5.41, 5.74) is 0. The van der Waals surface area contributed by atoms with Crippen LogP contribution in [0.2, 0.25) is 0 Å². The van der Waals surface area contributed by atoms with Crippen LogP contribution in [-0.4, -0.2) is 60.0 Å². The first kappa shape index (κ1) is 17.4. The zero-order chi connectivity index (χ0) is 13.7. The van der Waals surface area contributed by atoms with E-state index in [4.69, 9.17) is 0 Å². The third kappa shape index (κ3) is 4.18. The third-order valence-corrected chi connectivity index (χ3v) is 3.98. The second kappa shape index (κ2) is 8.60. The fourth-order valence-electron chi connectivity index (χ4n) is 2.12. The van der Waals surface area contributed by atoms with Crippen molar-refractivity contribution in [2.75, 3.05) is 44.7 Å². The molecule has 0 aliphatic carbocycles. The number of anilines is 1. The summed E-state index contributed by atoms with van der Waals surface area (Å²) < 4.78 is 4.35. The van der Waals surface area contributed by atoms with Crippen LogP contribution in [0.3, 0.4) is 0 Å². The Bertz CT molecular complexity index is 427. The van der Waals surface area contributed by atoms with Gasteiger partial charge in [0.2, 0.25) is 5.13 Å². The summed E-state index contributed by atoms with van der Waals surface area (Å²) in [6, 6.07) is 0. The molecule has 1 aliphatic heterocycles. The molecule has 0 unspecified atom stereocenters. The molecule has 2 heterocycles. The Morgan fingerprint density at radius 2 is 2.00 bits per heavy atom. The molecule has 6 nitrogen and oxygen atoms in total. The lowest BCUT2D eigenvalue weighted by atomic mass is 10.3. The normalized spacial score (nSPS) is 16.1. The van der Waals surface area contributed by atoms with E-state index in [-0.39, 0.29) is 24.0 Å². The molecule has 20 heavy (non-hydrogen) atoms. The maximum atomic E-state index is 4.55. The summed E-state index contributed by atoms with van der Waals surface area (Å²) in [6.45, 7) is 8.98. The fraction of sp³-hybridized carbons (Fsp3) is 0.750. The van der Waals surface area contributed by atoms with Gasteiger partial charge in [-0.15, -0.1) is 24.0 Å². The van der Waals surface area contributed by atoms with Gasteiger partial charge in [0.05, 0.1) is 0 Å². The lowest BCUT2D eigenvalue weighted by Crippen LogP contribution is -2.52.